The van der Waals surface area contributed by atoms with Gasteiger partial charge in [-0.15, -0.1) is 0 Å². The second-order valence-electron chi connectivity index (χ2n) is 6.51. The molecule has 21 heavy (non-hydrogen) atoms. The molecule has 0 aromatic carbocycles. The highest BCUT2D eigenvalue weighted by Crippen LogP contribution is 2.32. The van der Waals surface area contributed by atoms with Gasteiger partial charge in [0.2, 0.25) is 0 Å². The number of carboxylic acids is 1. The Kier molecular flexibility index (Phi) is 3.97. The summed E-state index contributed by atoms with van der Waals surface area (Å²) in [6.07, 6.45) is 1.72. The fraction of sp³-hybridized carbons (Fsp3) is 0.533. The molecule has 0 unspecified atom stereocenters. The molecule has 5 nitrogen and oxygen atoms in total. The zero-order valence-corrected chi connectivity index (χ0v) is 13.1. The molecule has 1 aliphatic rings. The van der Waals surface area contributed by atoms with E-state index in [1.54, 1.807) is 6.07 Å². The van der Waals surface area contributed by atoms with E-state index in [1.807, 2.05) is 20.8 Å². The van der Waals surface area contributed by atoms with Gasteiger partial charge >= 0.3 is 5.97 Å². The van der Waals surface area contributed by atoms with Crippen molar-refractivity contribution in [2.75, 3.05) is 0 Å². The van der Waals surface area contributed by atoms with E-state index < -0.39 is 17.4 Å². The van der Waals surface area contributed by atoms with Crippen LogP contribution in [0.3, 0.4) is 0 Å². The molecule has 0 saturated heterocycles. The predicted octanol–water partition coefficient (Wildman–Crippen LogP) is 2.77. The van der Waals surface area contributed by atoms with E-state index in [0.29, 0.717) is 24.1 Å². The average molecular weight is 311 g/mol. The summed E-state index contributed by atoms with van der Waals surface area (Å²) in [4.78, 5) is 27.9. The highest BCUT2D eigenvalue weighted by molar-refractivity contribution is 6.29. The normalized spacial score (nSPS) is 17.0. The summed E-state index contributed by atoms with van der Waals surface area (Å²) in [6, 6.07) is 3.12. The van der Waals surface area contributed by atoms with Gasteiger partial charge in [-0.3, -0.25) is 4.79 Å². The highest BCUT2D eigenvalue weighted by Gasteiger charge is 2.45. The number of aliphatic carboxylic acids is 1. The van der Waals surface area contributed by atoms with Crippen LogP contribution in [-0.4, -0.2) is 27.5 Å². The Labute approximate surface area is 128 Å². The van der Waals surface area contributed by atoms with Crippen LogP contribution in [-0.2, 0) is 10.2 Å². The standard InChI is InChI=1S/C15H19ClN2O3/c1-14(2,3)10-7-9(8-11(16)17-10)12(19)18-15(13(20)21)5-4-6-15/h7-8H,4-6H2,1-3H3,(H,18,19)(H,20,21). The highest BCUT2D eigenvalue weighted by atomic mass is 35.5. The molecule has 1 aliphatic carbocycles. The topological polar surface area (TPSA) is 79.3 Å². The van der Waals surface area contributed by atoms with Crippen LogP contribution in [0.1, 0.15) is 56.1 Å². The Morgan fingerprint density at radius 2 is 1.95 bits per heavy atom. The molecule has 1 saturated carbocycles. The van der Waals surface area contributed by atoms with Gasteiger partial charge in [-0.2, -0.15) is 0 Å². The van der Waals surface area contributed by atoms with Crippen molar-refractivity contribution in [3.05, 3.63) is 28.5 Å². The second-order valence-corrected chi connectivity index (χ2v) is 6.90. The van der Waals surface area contributed by atoms with E-state index in [-0.39, 0.29) is 10.6 Å². The Bertz CT molecular complexity index is 589. The van der Waals surface area contributed by atoms with Crippen molar-refractivity contribution in [3.8, 4) is 0 Å². The van der Waals surface area contributed by atoms with Crippen molar-refractivity contribution < 1.29 is 14.7 Å². The van der Waals surface area contributed by atoms with Crippen molar-refractivity contribution in [1.29, 1.82) is 0 Å². The number of rotatable bonds is 3. The molecule has 0 spiro atoms. The molecule has 114 valence electrons. The Hall–Kier alpha value is -1.62. The lowest BCUT2D eigenvalue weighted by Gasteiger charge is -2.38. The van der Waals surface area contributed by atoms with Gasteiger partial charge < -0.3 is 10.4 Å². The molecule has 6 heteroatoms. The third kappa shape index (κ3) is 3.18. The maximum atomic E-state index is 12.3. The number of aromatic nitrogens is 1. The minimum absolute atomic E-state index is 0.227. The lowest BCUT2D eigenvalue weighted by molar-refractivity contribution is -0.148. The summed E-state index contributed by atoms with van der Waals surface area (Å²) >= 11 is 5.97. The van der Waals surface area contributed by atoms with Crippen LogP contribution in [0.5, 0.6) is 0 Å². The molecule has 2 N–H and O–H groups in total. The monoisotopic (exact) mass is 310 g/mol. The summed E-state index contributed by atoms with van der Waals surface area (Å²) in [7, 11) is 0. The maximum Gasteiger partial charge on any atom is 0.329 e. The lowest BCUT2D eigenvalue weighted by atomic mass is 9.76. The minimum atomic E-state index is -1.13. The lowest BCUT2D eigenvalue weighted by Crippen LogP contribution is -2.59. The first-order chi connectivity index (χ1) is 9.64. The molecule has 1 aromatic rings. The number of carbonyl (C=O) groups excluding carboxylic acids is 1. The zero-order valence-electron chi connectivity index (χ0n) is 12.4. The van der Waals surface area contributed by atoms with E-state index in [1.165, 1.54) is 6.07 Å². The van der Waals surface area contributed by atoms with Gasteiger partial charge in [0.1, 0.15) is 10.7 Å². The largest absolute Gasteiger partial charge is 0.480 e. The SMILES string of the molecule is CC(C)(C)c1cc(C(=O)NC2(C(=O)O)CCC2)cc(Cl)n1. The second kappa shape index (κ2) is 5.30. The van der Waals surface area contributed by atoms with E-state index in [0.717, 1.165) is 6.42 Å². The quantitative estimate of drug-likeness (QED) is 0.841. The number of pyridine rings is 1. The summed E-state index contributed by atoms with van der Waals surface area (Å²) in [5.74, 6) is -1.41. The molecule has 1 aromatic heterocycles. The average Bonchev–Trinajstić information content (AvgIpc) is 2.31. The van der Waals surface area contributed by atoms with Crippen molar-refractivity contribution in [2.45, 2.75) is 51.0 Å². The van der Waals surface area contributed by atoms with Crippen LogP contribution in [0.15, 0.2) is 12.1 Å². The number of carbonyl (C=O) groups is 2. The summed E-state index contributed by atoms with van der Waals surface area (Å²) in [5, 5.41) is 12.1. The number of hydrogen-bond acceptors (Lipinski definition) is 3. The van der Waals surface area contributed by atoms with E-state index in [9.17, 15) is 14.7 Å². The number of hydrogen-bond donors (Lipinski definition) is 2. The van der Waals surface area contributed by atoms with Crippen LogP contribution in [0.2, 0.25) is 5.15 Å². The number of amides is 1. The molecule has 0 aliphatic heterocycles. The van der Waals surface area contributed by atoms with Crippen LogP contribution < -0.4 is 5.32 Å². The number of halogens is 1. The van der Waals surface area contributed by atoms with Gasteiger partial charge in [0, 0.05) is 16.7 Å². The van der Waals surface area contributed by atoms with Crippen LogP contribution >= 0.6 is 11.6 Å². The first-order valence-electron chi connectivity index (χ1n) is 6.88. The van der Waals surface area contributed by atoms with Gasteiger partial charge in [-0.1, -0.05) is 32.4 Å². The van der Waals surface area contributed by atoms with Gasteiger partial charge in [-0.05, 0) is 31.4 Å². The number of nitrogens with zero attached hydrogens (tertiary/aromatic N) is 1. The molecule has 0 bridgehead atoms. The van der Waals surface area contributed by atoms with Crippen LogP contribution in [0.4, 0.5) is 0 Å². The Morgan fingerprint density at radius 3 is 2.38 bits per heavy atom. The maximum absolute atomic E-state index is 12.3. The number of nitrogens with one attached hydrogen (secondary N) is 1. The van der Waals surface area contributed by atoms with Gasteiger partial charge in [0.25, 0.3) is 5.91 Å². The Balaban J connectivity index is 2.28. The molecule has 2 rings (SSSR count). The van der Waals surface area contributed by atoms with Crippen LogP contribution in [0, 0.1) is 0 Å². The fourth-order valence-electron chi connectivity index (χ4n) is 2.22. The molecule has 1 fully saturated rings. The van der Waals surface area contributed by atoms with Crippen molar-refractivity contribution in [2.24, 2.45) is 0 Å². The first kappa shape index (κ1) is 15.8. The molecular formula is C15H19ClN2O3. The molecular weight excluding hydrogens is 292 g/mol. The minimum Gasteiger partial charge on any atom is -0.480 e. The molecule has 1 amide bonds. The number of carboxylic acid groups (broad SMARTS) is 1. The molecule has 0 radical (unpaired) electrons. The van der Waals surface area contributed by atoms with Gasteiger partial charge in [-0.25, -0.2) is 9.78 Å². The van der Waals surface area contributed by atoms with E-state index in [4.69, 9.17) is 11.6 Å². The van der Waals surface area contributed by atoms with E-state index >= 15 is 0 Å². The predicted molar refractivity (Wildman–Crippen MR) is 79.6 cm³/mol. The molecule has 0 atom stereocenters. The van der Waals surface area contributed by atoms with E-state index in [2.05, 4.69) is 10.3 Å². The van der Waals surface area contributed by atoms with Crippen LogP contribution in [0.25, 0.3) is 0 Å². The summed E-state index contributed by atoms with van der Waals surface area (Å²) < 4.78 is 0. The summed E-state index contributed by atoms with van der Waals surface area (Å²) in [5.41, 5.74) is -0.346. The first-order valence-corrected chi connectivity index (χ1v) is 7.26. The Morgan fingerprint density at radius 1 is 1.33 bits per heavy atom. The third-order valence-corrected chi connectivity index (χ3v) is 3.99. The van der Waals surface area contributed by atoms with Crippen molar-refractivity contribution in [3.63, 3.8) is 0 Å². The molecule has 1 heterocycles. The van der Waals surface area contributed by atoms with Gasteiger partial charge in [0.15, 0.2) is 0 Å². The summed E-state index contributed by atoms with van der Waals surface area (Å²) in [6.45, 7) is 5.91. The van der Waals surface area contributed by atoms with Crippen molar-refractivity contribution >= 4 is 23.5 Å². The zero-order chi connectivity index (χ0) is 15.8. The smallest absolute Gasteiger partial charge is 0.329 e. The van der Waals surface area contributed by atoms with Gasteiger partial charge in [0.05, 0.1) is 0 Å². The van der Waals surface area contributed by atoms with Crippen molar-refractivity contribution in [1.82, 2.24) is 10.3 Å². The third-order valence-electron chi connectivity index (χ3n) is 3.79. The fourth-order valence-corrected chi connectivity index (χ4v) is 2.43.